The van der Waals surface area contributed by atoms with Gasteiger partial charge in [-0.3, -0.25) is 4.79 Å². The maximum atomic E-state index is 13.7. The summed E-state index contributed by atoms with van der Waals surface area (Å²) in [7, 11) is -3.39. The third kappa shape index (κ3) is 6.14. The lowest BCUT2D eigenvalue weighted by atomic mass is 9.98. The summed E-state index contributed by atoms with van der Waals surface area (Å²) in [6.07, 6.45) is -2.87. The highest BCUT2D eigenvalue weighted by molar-refractivity contribution is 7.91. The van der Waals surface area contributed by atoms with Crippen LogP contribution in [-0.4, -0.2) is 31.8 Å². The average Bonchev–Trinajstić information content (AvgIpc) is 3.72. The predicted octanol–water partition coefficient (Wildman–Crippen LogP) is 6.83. The first-order chi connectivity index (χ1) is 19.4. The van der Waals surface area contributed by atoms with Crippen LogP contribution in [-0.2, 0) is 22.4 Å². The molecule has 1 aromatic heterocycles. The number of sulfone groups is 1. The molecular formula is C30H27ClF3NO5S. The van der Waals surface area contributed by atoms with E-state index in [1.807, 2.05) is 0 Å². The van der Waals surface area contributed by atoms with Crippen LogP contribution >= 0.6 is 11.6 Å². The fraction of sp³-hybridized carbons (Fsp3) is 0.300. The zero-order valence-electron chi connectivity index (χ0n) is 22.0. The molecule has 2 N–H and O–H groups in total. The van der Waals surface area contributed by atoms with E-state index in [4.69, 9.17) is 16.0 Å². The number of fused-ring (bicyclic) bond motifs is 1. The number of alkyl halides is 3. The summed E-state index contributed by atoms with van der Waals surface area (Å²) in [6.45, 7) is 1.12. The van der Waals surface area contributed by atoms with Gasteiger partial charge in [0.05, 0.1) is 28.9 Å². The molecule has 41 heavy (non-hydrogen) atoms. The van der Waals surface area contributed by atoms with E-state index in [0.29, 0.717) is 16.9 Å². The van der Waals surface area contributed by atoms with Gasteiger partial charge in [0.2, 0.25) is 0 Å². The van der Waals surface area contributed by atoms with Gasteiger partial charge in [0.25, 0.3) is 5.91 Å². The molecule has 216 valence electrons. The number of benzene rings is 3. The third-order valence-electron chi connectivity index (χ3n) is 7.29. The van der Waals surface area contributed by atoms with E-state index in [9.17, 15) is 31.5 Å². The number of rotatable bonds is 9. The standard InChI is InChI=1S/C30H27ClF3NO5S/c1-2-41(38,39)22-10-6-17(7-11-22)25(16-36)35-29(37)20-8-12-23-26(14-20)40-27(28(23)18-3-4-18)13-19-5-9-21(31)15-24(19)30(32,33)34/h5-12,14-15,18,25,36H,2-4,13,16H2,1H3,(H,35,37)/t25-/m0/s1. The molecule has 1 aliphatic carbocycles. The first-order valence-electron chi connectivity index (χ1n) is 13.1. The molecule has 3 aromatic carbocycles. The Hall–Kier alpha value is -3.34. The van der Waals surface area contributed by atoms with Crippen molar-refractivity contribution in [2.45, 2.75) is 49.2 Å². The SMILES string of the molecule is CCS(=O)(=O)c1ccc([C@H](CO)NC(=O)c2ccc3c(C4CC4)c(Cc4ccc(Cl)cc4C(F)(F)F)oc3c2)cc1. The molecule has 1 atom stereocenters. The quantitative estimate of drug-likeness (QED) is 0.218. The van der Waals surface area contributed by atoms with E-state index in [2.05, 4.69) is 5.32 Å². The molecule has 0 bridgehead atoms. The lowest BCUT2D eigenvalue weighted by Gasteiger charge is -2.17. The Morgan fingerprint density at radius 3 is 2.41 bits per heavy atom. The van der Waals surface area contributed by atoms with Gasteiger partial charge in [-0.2, -0.15) is 13.2 Å². The Morgan fingerprint density at radius 1 is 1.10 bits per heavy atom. The van der Waals surface area contributed by atoms with Crippen LogP contribution < -0.4 is 5.32 Å². The Balaban J connectivity index is 1.42. The molecule has 1 saturated carbocycles. The number of aliphatic hydroxyl groups is 1. The van der Waals surface area contributed by atoms with Gasteiger partial charge in [0.1, 0.15) is 11.3 Å². The summed E-state index contributed by atoms with van der Waals surface area (Å²) in [5, 5.41) is 13.4. The van der Waals surface area contributed by atoms with E-state index < -0.39 is 40.1 Å². The number of furan rings is 1. The highest BCUT2D eigenvalue weighted by atomic mass is 35.5. The molecule has 0 radical (unpaired) electrons. The topological polar surface area (TPSA) is 96.6 Å². The van der Waals surface area contributed by atoms with E-state index in [1.165, 1.54) is 30.3 Å². The highest BCUT2D eigenvalue weighted by Gasteiger charge is 2.36. The van der Waals surface area contributed by atoms with Gasteiger partial charge in [-0.25, -0.2) is 8.42 Å². The Labute approximate surface area is 240 Å². The number of nitrogens with one attached hydrogen (secondary N) is 1. The van der Waals surface area contributed by atoms with E-state index in [1.54, 1.807) is 31.2 Å². The van der Waals surface area contributed by atoms with Crippen LogP contribution in [0.3, 0.4) is 0 Å². The van der Waals surface area contributed by atoms with Crippen LogP contribution in [0.1, 0.15) is 70.1 Å². The van der Waals surface area contributed by atoms with Crippen molar-refractivity contribution in [2.24, 2.45) is 0 Å². The first kappa shape index (κ1) is 29.2. The molecule has 11 heteroatoms. The fourth-order valence-corrected chi connectivity index (χ4v) is 6.01. The minimum absolute atomic E-state index is 0.00753. The lowest BCUT2D eigenvalue weighted by molar-refractivity contribution is -0.138. The van der Waals surface area contributed by atoms with Crippen molar-refractivity contribution < 1.29 is 35.9 Å². The molecule has 1 amide bonds. The number of hydrogen-bond donors (Lipinski definition) is 2. The zero-order chi connectivity index (χ0) is 29.5. The van der Waals surface area contributed by atoms with Crippen LogP contribution in [0.4, 0.5) is 13.2 Å². The van der Waals surface area contributed by atoms with E-state index in [-0.39, 0.29) is 39.1 Å². The molecule has 0 spiro atoms. The number of carbonyl (C=O) groups is 1. The minimum Gasteiger partial charge on any atom is -0.460 e. The number of aliphatic hydroxyl groups excluding tert-OH is 1. The fourth-order valence-electron chi connectivity index (χ4n) is 4.95. The van der Waals surface area contributed by atoms with Crippen LogP contribution in [0.5, 0.6) is 0 Å². The van der Waals surface area contributed by atoms with Crippen molar-refractivity contribution in [1.82, 2.24) is 5.32 Å². The van der Waals surface area contributed by atoms with Gasteiger partial charge in [0.15, 0.2) is 9.84 Å². The molecule has 5 rings (SSSR count). The van der Waals surface area contributed by atoms with Crippen molar-refractivity contribution in [2.75, 3.05) is 12.4 Å². The molecule has 0 saturated heterocycles. The molecular weight excluding hydrogens is 579 g/mol. The van der Waals surface area contributed by atoms with Gasteiger partial charge < -0.3 is 14.8 Å². The summed E-state index contributed by atoms with van der Waals surface area (Å²) in [4.78, 5) is 13.3. The summed E-state index contributed by atoms with van der Waals surface area (Å²) in [5.74, 6) is 0.0445. The van der Waals surface area contributed by atoms with Gasteiger partial charge >= 0.3 is 6.18 Å². The normalized spacial score (nSPS) is 14.8. The number of hydrogen-bond acceptors (Lipinski definition) is 5. The molecule has 6 nitrogen and oxygen atoms in total. The summed E-state index contributed by atoms with van der Waals surface area (Å²) < 4.78 is 71.4. The van der Waals surface area contributed by atoms with Gasteiger partial charge in [-0.05, 0) is 66.3 Å². The maximum Gasteiger partial charge on any atom is 0.416 e. The molecule has 1 aliphatic rings. The lowest BCUT2D eigenvalue weighted by Crippen LogP contribution is -2.30. The van der Waals surface area contributed by atoms with Gasteiger partial charge in [-0.1, -0.05) is 42.8 Å². The number of amides is 1. The van der Waals surface area contributed by atoms with Crippen LogP contribution in [0, 0.1) is 0 Å². The summed E-state index contributed by atoms with van der Waals surface area (Å²) in [5.41, 5.74) is 1.23. The summed E-state index contributed by atoms with van der Waals surface area (Å²) in [6, 6.07) is 13.7. The second-order valence-electron chi connectivity index (χ2n) is 10.1. The highest BCUT2D eigenvalue weighted by Crippen LogP contribution is 2.47. The van der Waals surface area contributed by atoms with Gasteiger partial charge in [-0.15, -0.1) is 0 Å². The molecule has 0 aliphatic heterocycles. The molecule has 0 unspecified atom stereocenters. The first-order valence-corrected chi connectivity index (χ1v) is 15.1. The Bertz CT molecular complexity index is 1710. The minimum atomic E-state index is -4.58. The summed E-state index contributed by atoms with van der Waals surface area (Å²) >= 11 is 5.84. The average molecular weight is 606 g/mol. The smallest absolute Gasteiger partial charge is 0.416 e. The second kappa shape index (κ2) is 11.2. The van der Waals surface area contributed by atoms with Crippen molar-refractivity contribution in [3.63, 3.8) is 0 Å². The number of halogens is 4. The molecule has 1 heterocycles. The van der Waals surface area contributed by atoms with Crippen molar-refractivity contribution in [1.29, 1.82) is 0 Å². The van der Waals surface area contributed by atoms with Crippen molar-refractivity contribution in [3.05, 3.63) is 99.3 Å². The van der Waals surface area contributed by atoms with Crippen LogP contribution in [0.25, 0.3) is 11.0 Å². The molecule has 4 aromatic rings. The van der Waals surface area contributed by atoms with E-state index in [0.717, 1.165) is 29.9 Å². The maximum absolute atomic E-state index is 13.7. The predicted molar refractivity (Wildman–Crippen MR) is 149 cm³/mol. The second-order valence-corrected chi connectivity index (χ2v) is 12.8. The zero-order valence-corrected chi connectivity index (χ0v) is 23.5. The van der Waals surface area contributed by atoms with E-state index >= 15 is 0 Å². The Kier molecular flexibility index (Phi) is 7.93. The van der Waals surface area contributed by atoms with Crippen molar-refractivity contribution in [3.8, 4) is 0 Å². The van der Waals surface area contributed by atoms with Crippen LogP contribution in [0.15, 0.2) is 70.0 Å². The monoisotopic (exact) mass is 605 g/mol. The number of carbonyl (C=O) groups excluding carboxylic acids is 1. The van der Waals surface area contributed by atoms with Crippen molar-refractivity contribution >= 4 is 38.3 Å². The largest absolute Gasteiger partial charge is 0.460 e. The third-order valence-corrected chi connectivity index (χ3v) is 9.28. The van der Waals surface area contributed by atoms with Gasteiger partial charge in [0, 0.05) is 28.0 Å². The molecule has 1 fully saturated rings. The Morgan fingerprint density at radius 2 is 1.80 bits per heavy atom. The van der Waals surface area contributed by atoms with Crippen LogP contribution in [0.2, 0.25) is 5.02 Å².